The van der Waals surface area contributed by atoms with Crippen molar-refractivity contribution in [3.05, 3.63) is 53.6 Å². The monoisotopic (exact) mass is 342 g/mol. The first-order valence-electron chi connectivity index (χ1n) is 7.90. The molecule has 0 saturated heterocycles. The second-order valence-electron chi connectivity index (χ2n) is 5.50. The van der Waals surface area contributed by atoms with Gasteiger partial charge in [0, 0.05) is 19.7 Å². The molecule has 0 saturated carbocycles. The zero-order valence-corrected chi connectivity index (χ0v) is 14.8. The van der Waals surface area contributed by atoms with E-state index in [1.54, 1.807) is 63.7 Å². The topological polar surface area (TPSA) is 67.9 Å². The molecule has 2 aromatic rings. The third kappa shape index (κ3) is 4.29. The lowest BCUT2D eigenvalue weighted by Crippen LogP contribution is -2.24. The number of rotatable bonds is 6. The van der Waals surface area contributed by atoms with Gasteiger partial charge in [0.15, 0.2) is 11.5 Å². The lowest BCUT2D eigenvalue weighted by atomic mass is 10.1. The molecule has 1 N–H and O–H groups in total. The van der Waals surface area contributed by atoms with E-state index in [0.29, 0.717) is 34.9 Å². The maximum absolute atomic E-state index is 12.6. The number of methoxy groups -OCH3 is 1. The number of ether oxygens (including phenoxy) is 2. The van der Waals surface area contributed by atoms with Crippen molar-refractivity contribution in [2.75, 3.05) is 33.1 Å². The lowest BCUT2D eigenvalue weighted by molar-refractivity contribution is 0.0828. The molecule has 0 aliphatic heterocycles. The van der Waals surface area contributed by atoms with Gasteiger partial charge in [-0.2, -0.15) is 0 Å². The smallest absolute Gasteiger partial charge is 0.255 e. The van der Waals surface area contributed by atoms with Crippen LogP contribution in [0.4, 0.5) is 5.69 Å². The van der Waals surface area contributed by atoms with Crippen LogP contribution in [0.5, 0.6) is 11.5 Å². The molecule has 0 aliphatic carbocycles. The number of hydrogen-bond acceptors (Lipinski definition) is 4. The summed E-state index contributed by atoms with van der Waals surface area (Å²) in [5.41, 5.74) is 1.30. The Bertz CT molecular complexity index is 772. The predicted octanol–water partition coefficient (Wildman–Crippen LogP) is 3.05. The van der Waals surface area contributed by atoms with Crippen molar-refractivity contribution in [3.63, 3.8) is 0 Å². The summed E-state index contributed by atoms with van der Waals surface area (Å²) in [5.74, 6) is 0.542. The van der Waals surface area contributed by atoms with Gasteiger partial charge in [-0.05, 0) is 37.3 Å². The quantitative estimate of drug-likeness (QED) is 0.876. The van der Waals surface area contributed by atoms with E-state index < -0.39 is 0 Å². The van der Waals surface area contributed by atoms with Crippen molar-refractivity contribution in [2.24, 2.45) is 0 Å². The minimum absolute atomic E-state index is 0.180. The minimum atomic E-state index is -0.331. The number of benzene rings is 2. The minimum Gasteiger partial charge on any atom is -0.493 e. The average molecular weight is 342 g/mol. The standard InChI is InChI=1S/C19H22N2O4/c1-5-25-17-12-13(10-11-16(17)24-4)18(22)20-15-9-7-6-8-14(15)19(23)21(2)3/h6-12H,5H2,1-4H3,(H,20,22). The first kappa shape index (κ1) is 18.3. The number of para-hydroxylation sites is 1. The third-order valence-electron chi connectivity index (χ3n) is 3.54. The molecular formula is C19H22N2O4. The fourth-order valence-electron chi connectivity index (χ4n) is 2.30. The Morgan fingerprint density at radius 3 is 2.44 bits per heavy atom. The zero-order valence-electron chi connectivity index (χ0n) is 14.8. The number of hydrogen-bond donors (Lipinski definition) is 1. The molecule has 0 fully saturated rings. The molecule has 0 heterocycles. The van der Waals surface area contributed by atoms with Crippen LogP contribution in [0.2, 0.25) is 0 Å². The van der Waals surface area contributed by atoms with Crippen LogP contribution in [-0.4, -0.2) is 44.5 Å². The molecule has 0 aliphatic rings. The number of anilines is 1. The summed E-state index contributed by atoms with van der Waals surface area (Å²) in [5, 5.41) is 2.79. The van der Waals surface area contributed by atoms with E-state index in [1.807, 2.05) is 6.92 Å². The van der Waals surface area contributed by atoms with Crippen molar-refractivity contribution in [1.82, 2.24) is 4.90 Å². The Hall–Kier alpha value is -3.02. The van der Waals surface area contributed by atoms with Gasteiger partial charge in [-0.25, -0.2) is 0 Å². The number of carbonyl (C=O) groups is 2. The van der Waals surface area contributed by atoms with E-state index in [2.05, 4.69) is 5.32 Å². The summed E-state index contributed by atoms with van der Waals surface area (Å²) in [6.45, 7) is 2.32. The molecule has 0 spiro atoms. The fourth-order valence-corrected chi connectivity index (χ4v) is 2.30. The highest BCUT2D eigenvalue weighted by Crippen LogP contribution is 2.28. The maximum atomic E-state index is 12.6. The van der Waals surface area contributed by atoms with E-state index in [1.165, 1.54) is 4.90 Å². The maximum Gasteiger partial charge on any atom is 0.255 e. The molecule has 2 aromatic carbocycles. The molecule has 2 amide bonds. The van der Waals surface area contributed by atoms with Gasteiger partial charge in [-0.15, -0.1) is 0 Å². The molecule has 0 aromatic heterocycles. The highest BCUT2D eigenvalue weighted by atomic mass is 16.5. The Labute approximate surface area is 147 Å². The predicted molar refractivity (Wildman–Crippen MR) is 96.6 cm³/mol. The molecule has 6 heteroatoms. The Balaban J connectivity index is 2.29. The lowest BCUT2D eigenvalue weighted by Gasteiger charge is -2.15. The van der Waals surface area contributed by atoms with Crippen molar-refractivity contribution >= 4 is 17.5 Å². The first-order valence-corrected chi connectivity index (χ1v) is 7.90. The van der Waals surface area contributed by atoms with Crippen molar-refractivity contribution in [2.45, 2.75) is 6.92 Å². The number of nitrogens with zero attached hydrogens (tertiary/aromatic N) is 1. The molecule has 0 radical (unpaired) electrons. The highest BCUT2D eigenvalue weighted by molar-refractivity contribution is 6.09. The fraction of sp³-hybridized carbons (Fsp3) is 0.263. The van der Waals surface area contributed by atoms with Crippen LogP contribution in [0.1, 0.15) is 27.6 Å². The molecule has 0 bridgehead atoms. The summed E-state index contributed by atoms with van der Waals surface area (Å²) in [4.78, 5) is 26.3. The average Bonchev–Trinajstić information content (AvgIpc) is 2.61. The second-order valence-corrected chi connectivity index (χ2v) is 5.50. The zero-order chi connectivity index (χ0) is 18.4. The summed E-state index contributed by atoms with van der Waals surface area (Å²) in [7, 11) is 4.87. The molecule has 132 valence electrons. The number of amides is 2. The molecule has 0 unspecified atom stereocenters. The van der Waals surface area contributed by atoms with Gasteiger partial charge in [0.25, 0.3) is 11.8 Å². The van der Waals surface area contributed by atoms with E-state index in [0.717, 1.165) is 0 Å². The van der Waals surface area contributed by atoms with Crippen molar-refractivity contribution in [3.8, 4) is 11.5 Å². The molecule has 0 atom stereocenters. The largest absolute Gasteiger partial charge is 0.493 e. The molecule has 6 nitrogen and oxygen atoms in total. The van der Waals surface area contributed by atoms with Gasteiger partial charge >= 0.3 is 0 Å². The Morgan fingerprint density at radius 2 is 1.80 bits per heavy atom. The van der Waals surface area contributed by atoms with Gasteiger partial charge in [-0.3, -0.25) is 9.59 Å². The Morgan fingerprint density at radius 1 is 1.08 bits per heavy atom. The molecule has 2 rings (SSSR count). The van der Waals surface area contributed by atoms with Crippen molar-refractivity contribution < 1.29 is 19.1 Å². The van der Waals surface area contributed by atoms with Crippen LogP contribution in [0.15, 0.2) is 42.5 Å². The first-order chi connectivity index (χ1) is 12.0. The summed E-state index contributed by atoms with van der Waals surface area (Å²) in [6, 6.07) is 11.8. The number of carbonyl (C=O) groups excluding carboxylic acids is 2. The van der Waals surface area contributed by atoms with E-state index in [9.17, 15) is 9.59 Å². The molecular weight excluding hydrogens is 320 g/mol. The molecule has 25 heavy (non-hydrogen) atoms. The van der Waals surface area contributed by atoms with Crippen LogP contribution in [0, 0.1) is 0 Å². The van der Waals surface area contributed by atoms with Gasteiger partial charge < -0.3 is 19.7 Å². The van der Waals surface area contributed by atoms with Crippen LogP contribution < -0.4 is 14.8 Å². The van der Waals surface area contributed by atoms with Gasteiger partial charge in [-0.1, -0.05) is 12.1 Å². The van der Waals surface area contributed by atoms with E-state index in [-0.39, 0.29) is 11.8 Å². The van der Waals surface area contributed by atoms with E-state index >= 15 is 0 Å². The van der Waals surface area contributed by atoms with Crippen LogP contribution in [0.25, 0.3) is 0 Å². The summed E-state index contributed by atoms with van der Waals surface area (Å²) in [6.07, 6.45) is 0. The normalized spacial score (nSPS) is 10.1. The van der Waals surface area contributed by atoms with Gasteiger partial charge in [0.1, 0.15) is 0 Å². The Kier molecular flexibility index (Phi) is 6.00. The van der Waals surface area contributed by atoms with Gasteiger partial charge in [0.05, 0.1) is 25.0 Å². The second kappa shape index (κ2) is 8.19. The summed E-state index contributed by atoms with van der Waals surface area (Å²) >= 11 is 0. The van der Waals surface area contributed by atoms with Crippen LogP contribution in [0.3, 0.4) is 0 Å². The van der Waals surface area contributed by atoms with E-state index in [4.69, 9.17) is 9.47 Å². The highest BCUT2D eigenvalue weighted by Gasteiger charge is 2.16. The summed E-state index contributed by atoms with van der Waals surface area (Å²) < 4.78 is 10.7. The van der Waals surface area contributed by atoms with Gasteiger partial charge in [0.2, 0.25) is 0 Å². The number of nitrogens with one attached hydrogen (secondary N) is 1. The van der Waals surface area contributed by atoms with Crippen LogP contribution >= 0.6 is 0 Å². The SMILES string of the molecule is CCOc1cc(C(=O)Nc2ccccc2C(=O)N(C)C)ccc1OC. The third-order valence-corrected chi connectivity index (χ3v) is 3.54. The van der Waals surface area contributed by atoms with Crippen molar-refractivity contribution in [1.29, 1.82) is 0 Å². The van der Waals surface area contributed by atoms with Crippen LogP contribution in [-0.2, 0) is 0 Å².